The second kappa shape index (κ2) is 6.57. The van der Waals surface area contributed by atoms with Crippen molar-refractivity contribution in [3.8, 4) is 11.8 Å². The van der Waals surface area contributed by atoms with E-state index in [4.69, 9.17) is 9.15 Å². The second-order valence-electron chi connectivity index (χ2n) is 5.43. The number of rotatable bonds is 6. The van der Waals surface area contributed by atoms with E-state index in [1.165, 1.54) is 0 Å². The Kier molecular flexibility index (Phi) is 4.79. The normalized spacial score (nSPS) is 11.3. The van der Waals surface area contributed by atoms with E-state index in [2.05, 4.69) is 44.1 Å². The molecular weight excluding hydrogens is 252 g/mol. The van der Waals surface area contributed by atoms with Gasteiger partial charge in [-0.3, -0.25) is 0 Å². The number of aromatic nitrogens is 1. The van der Waals surface area contributed by atoms with Gasteiger partial charge in [0.15, 0.2) is 0 Å². The first-order valence-corrected chi connectivity index (χ1v) is 7.01. The quantitative estimate of drug-likeness (QED) is 0.862. The minimum Gasteiger partial charge on any atom is -0.417 e. The predicted molar refractivity (Wildman–Crippen MR) is 79.1 cm³/mol. The van der Waals surface area contributed by atoms with E-state index in [0.717, 1.165) is 17.0 Å². The van der Waals surface area contributed by atoms with Crippen molar-refractivity contribution in [2.24, 2.45) is 0 Å². The number of nitrogens with zero attached hydrogens (tertiary/aromatic N) is 1. The van der Waals surface area contributed by atoms with Crippen LogP contribution in [-0.4, -0.2) is 11.0 Å². The highest BCUT2D eigenvalue weighted by Crippen LogP contribution is 2.29. The maximum Gasteiger partial charge on any atom is 0.399 e. The molecule has 108 valence electrons. The zero-order valence-electron chi connectivity index (χ0n) is 12.5. The molecule has 0 aliphatic carbocycles. The summed E-state index contributed by atoms with van der Waals surface area (Å²) in [6.45, 7) is 9.13. The maximum atomic E-state index is 5.75. The van der Waals surface area contributed by atoms with Crippen LogP contribution in [0.5, 0.6) is 11.8 Å². The molecule has 1 N–H and O–H groups in total. The Morgan fingerprint density at radius 2 is 1.95 bits per heavy atom. The molecule has 2 rings (SSSR count). The van der Waals surface area contributed by atoms with Crippen LogP contribution in [-0.2, 0) is 6.54 Å². The van der Waals surface area contributed by atoms with Crippen LogP contribution in [0.1, 0.15) is 44.9 Å². The lowest BCUT2D eigenvalue weighted by atomic mass is 10.0. The van der Waals surface area contributed by atoms with Gasteiger partial charge in [-0.2, -0.15) is 4.98 Å². The van der Waals surface area contributed by atoms with Crippen LogP contribution in [0.2, 0.25) is 0 Å². The average molecular weight is 274 g/mol. The van der Waals surface area contributed by atoms with Gasteiger partial charge in [0, 0.05) is 12.6 Å². The Bertz CT molecular complexity index is 547. The lowest BCUT2D eigenvalue weighted by molar-refractivity contribution is 0.327. The molecule has 1 aromatic heterocycles. The number of benzene rings is 1. The van der Waals surface area contributed by atoms with Crippen molar-refractivity contribution >= 4 is 0 Å². The second-order valence-corrected chi connectivity index (χ2v) is 5.43. The van der Waals surface area contributed by atoms with E-state index in [1.54, 1.807) is 6.26 Å². The van der Waals surface area contributed by atoms with Gasteiger partial charge < -0.3 is 14.5 Å². The maximum absolute atomic E-state index is 5.75. The minimum absolute atomic E-state index is 0.290. The largest absolute Gasteiger partial charge is 0.417 e. The third-order valence-electron chi connectivity index (χ3n) is 2.96. The predicted octanol–water partition coefficient (Wildman–Crippen LogP) is 4.09. The van der Waals surface area contributed by atoms with Gasteiger partial charge in [0.1, 0.15) is 12.0 Å². The van der Waals surface area contributed by atoms with Crippen LogP contribution in [0.4, 0.5) is 0 Å². The molecule has 0 aliphatic rings. The van der Waals surface area contributed by atoms with Gasteiger partial charge >= 0.3 is 6.08 Å². The standard InChI is InChI=1S/C16H22N2O2/c1-11(2)14-7-5-6-8-15(14)20-16-18-13(10-19-16)9-17-12(3)4/h5-8,10-12,17H,9H2,1-4H3. The van der Waals surface area contributed by atoms with Crippen molar-refractivity contribution < 1.29 is 9.15 Å². The number of oxazole rings is 1. The van der Waals surface area contributed by atoms with E-state index in [9.17, 15) is 0 Å². The van der Waals surface area contributed by atoms with Crippen molar-refractivity contribution in [2.75, 3.05) is 0 Å². The monoisotopic (exact) mass is 274 g/mol. The summed E-state index contributed by atoms with van der Waals surface area (Å²) in [4.78, 5) is 4.33. The first-order valence-electron chi connectivity index (χ1n) is 7.01. The highest BCUT2D eigenvalue weighted by Gasteiger charge is 2.11. The third kappa shape index (κ3) is 3.84. The summed E-state index contributed by atoms with van der Waals surface area (Å²) in [7, 11) is 0. The summed E-state index contributed by atoms with van der Waals surface area (Å²) in [6, 6.07) is 8.37. The Hall–Kier alpha value is -1.81. The molecule has 1 aromatic carbocycles. The molecule has 0 aliphatic heterocycles. The molecule has 0 unspecified atom stereocenters. The first-order chi connectivity index (χ1) is 9.56. The molecule has 0 saturated heterocycles. The van der Waals surface area contributed by atoms with Crippen LogP contribution < -0.4 is 10.1 Å². The van der Waals surface area contributed by atoms with Gasteiger partial charge in [0.2, 0.25) is 0 Å². The lowest BCUT2D eigenvalue weighted by Crippen LogP contribution is -2.21. The SMILES string of the molecule is CC(C)NCc1coc(Oc2ccccc2C(C)C)n1. The summed E-state index contributed by atoms with van der Waals surface area (Å²) in [6.07, 6.45) is 1.92. The van der Waals surface area contributed by atoms with E-state index < -0.39 is 0 Å². The molecule has 0 spiro atoms. The lowest BCUT2D eigenvalue weighted by Gasteiger charge is -2.10. The van der Waals surface area contributed by atoms with Gasteiger partial charge in [-0.15, -0.1) is 0 Å². The zero-order chi connectivity index (χ0) is 14.5. The number of hydrogen-bond acceptors (Lipinski definition) is 4. The Morgan fingerprint density at radius 3 is 2.65 bits per heavy atom. The summed E-state index contributed by atoms with van der Waals surface area (Å²) < 4.78 is 11.1. The fraction of sp³-hybridized carbons (Fsp3) is 0.438. The fourth-order valence-electron chi connectivity index (χ4n) is 1.87. The van der Waals surface area contributed by atoms with E-state index >= 15 is 0 Å². The summed E-state index contributed by atoms with van der Waals surface area (Å²) >= 11 is 0. The van der Waals surface area contributed by atoms with Crippen molar-refractivity contribution in [3.63, 3.8) is 0 Å². The van der Waals surface area contributed by atoms with Crippen LogP contribution in [0.15, 0.2) is 34.9 Å². The molecule has 0 fully saturated rings. The Morgan fingerprint density at radius 1 is 1.20 bits per heavy atom. The highest BCUT2D eigenvalue weighted by molar-refractivity contribution is 5.36. The summed E-state index contributed by atoms with van der Waals surface area (Å²) in [5.41, 5.74) is 1.99. The number of nitrogens with one attached hydrogen (secondary N) is 1. The number of hydrogen-bond donors (Lipinski definition) is 1. The van der Waals surface area contributed by atoms with Gasteiger partial charge in [-0.25, -0.2) is 0 Å². The van der Waals surface area contributed by atoms with Crippen molar-refractivity contribution in [2.45, 2.75) is 46.2 Å². The molecule has 20 heavy (non-hydrogen) atoms. The molecule has 0 radical (unpaired) electrons. The number of ether oxygens (including phenoxy) is 1. The van der Waals surface area contributed by atoms with Gasteiger partial charge in [0.05, 0.1) is 5.69 Å². The first kappa shape index (κ1) is 14.6. The van der Waals surface area contributed by atoms with E-state index in [-0.39, 0.29) is 0 Å². The summed E-state index contributed by atoms with van der Waals surface area (Å²) in [5.74, 6) is 1.19. The Balaban J connectivity index is 2.07. The van der Waals surface area contributed by atoms with Crippen LogP contribution >= 0.6 is 0 Å². The molecule has 0 bridgehead atoms. The van der Waals surface area contributed by atoms with Crippen LogP contribution in [0.3, 0.4) is 0 Å². The third-order valence-corrected chi connectivity index (χ3v) is 2.96. The van der Waals surface area contributed by atoms with Crippen LogP contribution in [0.25, 0.3) is 0 Å². The molecule has 1 heterocycles. The topological polar surface area (TPSA) is 47.3 Å². The zero-order valence-corrected chi connectivity index (χ0v) is 12.5. The molecule has 4 heteroatoms. The van der Waals surface area contributed by atoms with E-state index in [0.29, 0.717) is 24.6 Å². The van der Waals surface area contributed by atoms with Crippen LogP contribution in [0, 0.1) is 0 Å². The van der Waals surface area contributed by atoms with Gasteiger partial charge in [0.25, 0.3) is 0 Å². The highest BCUT2D eigenvalue weighted by atomic mass is 16.6. The average Bonchev–Trinajstić information content (AvgIpc) is 2.84. The minimum atomic E-state index is 0.290. The molecule has 2 aromatic rings. The number of para-hydroxylation sites is 1. The molecule has 0 saturated carbocycles. The van der Waals surface area contributed by atoms with Gasteiger partial charge in [-0.05, 0) is 17.5 Å². The van der Waals surface area contributed by atoms with Crippen molar-refractivity contribution in [1.82, 2.24) is 10.3 Å². The molecule has 0 amide bonds. The Labute approximate surface area is 120 Å². The van der Waals surface area contributed by atoms with Crippen molar-refractivity contribution in [1.29, 1.82) is 0 Å². The van der Waals surface area contributed by atoms with Crippen molar-refractivity contribution in [3.05, 3.63) is 41.8 Å². The molecule has 0 atom stereocenters. The molecular formula is C16H22N2O2. The summed E-state index contributed by atoms with van der Waals surface area (Å²) in [5, 5.41) is 3.29. The molecule has 4 nitrogen and oxygen atoms in total. The van der Waals surface area contributed by atoms with E-state index in [1.807, 2.05) is 18.2 Å². The fourth-order valence-corrected chi connectivity index (χ4v) is 1.87. The smallest absolute Gasteiger partial charge is 0.399 e. The van der Waals surface area contributed by atoms with Gasteiger partial charge in [-0.1, -0.05) is 45.9 Å².